The highest BCUT2D eigenvalue weighted by molar-refractivity contribution is 7.13. The van der Waals surface area contributed by atoms with Crippen LogP contribution < -0.4 is 5.73 Å². The van der Waals surface area contributed by atoms with E-state index in [-0.39, 0.29) is 5.91 Å². The lowest BCUT2D eigenvalue weighted by Crippen LogP contribution is -2.30. The van der Waals surface area contributed by atoms with Gasteiger partial charge in [0.25, 0.3) is 5.91 Å². The molecule has 0 fully saturated rings. The molecule has 0 atom stereocenters. The molecule has 0 aliphatic heterocycles. The number of carbonyl (C=O) groups is 1. The van der Waals surface area contributed by atoms with Gasteiger partial charge in [0.1, 0.15) is 0 Å². The number of rotatable bonds is 5. The van der Waals surface area contributed by atoms with Crippen LogP contribution in [-0.4, -0.2) is 17.4 Å². The molecule has 106 valence electrons. The maximum absolute atomic E-state index is 12.5. The van der Waals surface area contributed by atoms with Gasteiger partial charge in [0.15, 0.2) is 0 Å². The fourth-order valence-corrected chi connectivity index (χ4v) is 2.97. The van der Waals surface area contributed by atoms with Gasteiger partial charge in [-0.1, -0.05) is 19.1 Å². The Kier molecular flexibility index (Phi) is 4.79. The Labute approximate surface area is 124 Å². The topological polar surface area (TPSA) is 46.3 Å². The summed E-state index contributed by atoms with van der Waals surface area (Å²) >= 11 is 1.55. The lowest BCUT2D eigenvalue weighted by molar-refractivity contribution is 0.0748. The standard InChI is InChI=1S/C16H20N2OS/c1-3-9-18(11-13-5-4-6-14(17)10-13)16(19)15-8-7-12(2)20-15/h4-8,10H,3,9,11,17H2,1-2H3. The Balaban J connectivity index is 2.16. The zero-order valence-electron chi connectivity index (χ0n) is 11.9. The maximum Gasteiger partial charge on any atom is 0.264 e. The van der Waals surface area contributed by atoms with Crippen molar-refractivity contribution in [1.29, 1.82) is 0 Å². The first-order valence-electron chi connectivity index (χ1n) is 6.80. The fraction of sp³-hybridized carbons (Fsp3) is 0.312. The number of thiophene rings is 1. The first-order valence-corrected chi connectivity index (χ1v) is 7.62. The van der Waals surface area contributed by atoms with Crippen molar-refractivity contribution in [1.82, 2.24) is 4.90 Å². The molecule has 0 aliphatic carbocycles. The van der Waals surface area contributed by atoms with Gasteiger partial charge in [-0.3, -0.25) is 4.79 Å². The number of nitrogens with zero attached hydrogens (tertiary/aromatic N) is 1. The molecular weight excluding hydrogens is 268 g/mol. The first-order chi connectivity index (χ1) is 9.60. The Morgan fingerprint density at radius 2 is 2.10 bits per heavy atom. The van der Waals surface area contributed by atoms with E-state index in [0.717, 1.165) is 34.0 Å². The van der Waals surface area contributed by atoms with Gasteiger partial charge in [0.05, 0.1) is 4.88 Å². The Bertz CT molecular complexity index is 592. The van der Waals surface area contributed by atoms with Gasteiger partial charge in [-0.2, -0.15) is 0 Å². The zero-order valence-corrected chi connectivity index (χ0v) is 12.7. The number of nitrogens with two attached hydrogens (primary N) is 1. The van der Waals surface area contributed by atoms with Crippen molar-refractivity contribution in [3.63, 3.8) is 0 Å². The number of benzene rings is 1. The van der Waals surface area contributed by atoms with E-state index in [1.807, 2.05) is 48.2 Å². The van der Waals surface area contributed by atoms with Crippen LogP contribution in [0.4, 0.5) is 5.69 Å². The largest absolute Gasteiger partial charge is 0.399 e. The molecule has 0 bridgehead atoms. The van der Waals surface area contributed by atoms with Gasteiger partial charge < -0.3 is 10.6 Å². The average molecular weight is 288 g/mol. The summed E-state index contributed by atoms with van der Waals surface area (Å²) in [6, 6.07) is 11.6. The van der Waals surface area contributed by atoms with Gasteiger partial charge in [-0.05, 0) is 43.2 Å². The van der Waals surface area contributed by atoms with E-state index in [0.29, 0.717) is 6.54 Å². The lowest BCUT2D eigenvalue weighted by atomic mass is 10.2. The number of nitrogen functional groups attached to an aromatic ring is 1. The molecule has 20 heavy (non-hydrogen) atoms. The predicted molar refractivity (Wildman–Crippen MR) is 84.9 cm³/mol. The molecule has 1 aromatic carbocycles. The predicted octanol–water partition coefficient (Wildman–Crippen LogP) is 3.69. The highest BCUT2D eigenvalue weighted by atomic mass is 32.1. The molecule has 3 nitrogen and oxygen atoms in total. The van der Waals surface area contributed by atoms with Gasteiger partial charge >= 0.3 is 0 Å². The third kappa shape index (κ3) is 3.61. The molecule has 0 radical (unpaired) electrons. The Morgan fingerprint density at radius 1 is 1.30 bits per heavy atom. The van der Waals surface area contributed by atoms with Crippen LogP contribution in [-0.2, 0) is 6.54 Å². The van der Waals surface area contributed by atoms with Crippen LogP contribution in [0.25, 0.3) is 0 Å². The normalized spacial score (nSPS) is 10.5. The smallest absolute Gasteiger partial charge is 0.264 e. The van der Waals surface area contributed by atoms with Crippen LogP contribution >= 0.6 is 11.3 Å². The molecule has 2 aromatic rings. The van der Waals surface area contributed by atoms with E-state index in [2.05, 4.69) is 6.92 Å². The lowest BCUT2D eigenvalue weighted by Gasteiger charge is -2.21. The van der Waals surface area contributed by atoms with E-state index in [9.17, 15) is 4.79 Å². The third-order valence-electron chi connectivity index (χ3n) is 3.06. The highest BCUT2D eigenvalue weighted by Gasteiger charge is 2.17. The van der Waals surface area contributed by atoms with E-state index < -0.39 is 0 Å². The summed E-state index contributed by atoms with van der Waals surface area (Å²) < 4.78 is 0. The molecule has 0 unspecified atom stereocenters. The second kappa shape index (κ2) is 6.57. The molecule has 0 saturated heterocycles. The van der Waals surface area contributed by atoms with Crippen molar-refractivity contribution in [2.24, 2.45) is 0 Å². The van der Waals surface area contributed by atoms with Crippen molar-refractivity contribution in [3.8, 4) is 0 Å². The minimum absolute atomic E-state index is 0.104. The minimum Gasteiger partial charge on any atom is -0.399 e. The monoisotopic (exact) mass is 288 g/mol. The van der Waals surface area contributed by atoms with Crippen molar-refractivity contribution in [2.75, 3.05) is 12.3 Å². The number of amides is 1. The van der Waals surface area contributed by atoms with Crippen LogP contribution in [0.15, 0.2) is 36.4 Å². The van der Waals surface area contributed by atoms with E-state index >= 15 is 0 Å². The van der Waals surface area contributed by atoms with Crippen LogP contribution in [0.3, 0.4) is 0 Å². The van der Waals surface area contributed by atoms with Crippen molar-refractivity contribution >= 4 is 22.9 Å². The molecule has 2 N–H and O–H groups in total. The van der Waals surface area contributed by atoms with E-state index in [4.69, 9.17) is 5.73 Å². The molecule has 0 saturated carbocycles. The van der Waals surface area contributed by atoms with Crippen LogP contribution in [0.1, 0.15) is 33.5 Å². The first kappa shape index (κ1) is 14.6. The quantitative estimate of drug-likeness (QED) is 0.853. The molecule has 1 heterocycles. The number of aryl methyl sites for hydroxylation is 1. The average Bonchev–Trinajstić information content (AvgIpc) is 2.84. The summed E-state index contributed by atoms with van der Waals surface area (Å²) in [6.07, 6.45) is 0.943. The molecule has 4 heteroatoms. The number of hydrogen-bond donors (Lipinski definition) is 1. The van der Waals surface area contributed by atoms with Gasteiger partial charge in [-0.15, -0.1) is 11.3 Å². The van der Waals surface area contributed by atoms with Crippen molar-refractivity contribution in [2.45, 2.75) is 26.8 Å². The van der Waals surface area contributed by atoms with Gasteiger partial charge in [0, 0.05) is 23.7 Å². The Morgan fingerprint density at radius 3 is 2.70 bits per heavy atom. The van der Waals surface area contributed by atoms with Crippen molar-refractivity contribution in [3.05, 3.63) is 51.7 Å². The Hall–Kier alpha value is -1.81. The minimum atomic E-state index is 0.104. The maximum atomic E-state index is 12.5. The number of carbonyl (C=O) groups excluding carboxylic acids is 1. The molecule has 1 aromatic heterocycles. The molecular formula is C16H20N2OS. The van der Waals surface area contributed by atoms with Gasteiger partial charge in [-0.25, -0.2) is 0 Å². The van der Waals surface area contributed by atoms with E-state index in [1.165, 1.54) is 0 Å². The highest BCUT2D eigenvalue weighted by Crippen LogP contribution is 2.19. The summed E-state index contributed by atoms with van der Waals surface area (Å²) in [7, 11) is 0. The third-order valence-corrected chi connectivity index (χ3v) is 4.05. The molecule has 1 amide bonds. The zero-order chi connectivity index (χ0) is 14.5. The second-order valence-electron chi connectivity index (χ2n) is 4.88. The molecule has 0 aliphatic rings. The summed E-state index contributed by atoms with van der Waals surface area (Å²) in [5, 5.41) is 0. The molecule has 0 spiro atoms. The number of hydrogen-bond acceptors (Lipinski definition) is 3. The summed E-state index contributed by atoms with van der Waals surface area (Å²) in [5.41, 5.74) is 7.60. The van der Waals surface area contributed by atoms with Gasteiger partial charge in [0.2, 0.25) is 0 Å². The SMILES string of the molecule is CCCN(Cc1cccc(N)c1)C(=O)c1ccc(C)s1. The van der Waals surface area contributed by atoms with Crippen LogP contribution in [0.5, 0.6) is 0 Å². The van der Waals surface area contributed by atoms with Crippen LogP contribution in [0, 0.1) is 6.92 Å². The fourth-order valence-electron chi connectivity index (χ4n) is 2.14. The summed E-state index contributed by atoms with van der Waals surface area (Å²) in [6.45, 7) is 5.46. The molecule has 2 rings (SSSR count). The summed E-state index contributed by atoms with van der Waals surface area (Å²) in [5.74, 6) is 0.104. The van der Waals surface area contributed by atoms with E-state index in [1.54, 1.807) is 11.3 Å². The second-order valence-corrected chi connectivity index (χ2v) is 6.17. The number of anilines is 1. The summed E-state index contributed by atoms with van der Waals surface area (Å²) in [4.78, 5) is 16.4. The van der Waals surface area contributed by atoms with Crippen molar-refractivity contribution < 1.29 is 4.79 Å². The van der Waals surface area contributed by atoms with Crippen LogP contribution in [0.2, 0.25) is 0 Å².